The Balaban J connectivity index is 1.88. The van der Waals surface area contributed by atoms with Crippen LogP contribution < -0.4 is 10.9 Å². The minimum Gasteiger partial charge on any atom is -0.347 e. The first-order chi connectivity index (χ1) is 12.0. The van der Waals surface area contributed by atoms with Gasteiger partial charge in [-0.2, -0.15) is 0 Å². The molecule has 2 N–H and O–H groups in total. The van der Waals surface area contributed by atoms with Crippen LogP contribution in [-0.4, -0.2) is 34.9 Å². The molecule has 25 heavy (non-hydrogen) atoms. The largest absolute Gasteiger partial charge is 0.347 e. The van der Waals surface area contributed by atoms with Gasteiger partial charge in [0.2, 0.25) is 0 Å². The van der Waals surface area contributed by atoms with Crippen molar-refractivity contribution in [3.8, 4) is 0 Å². The molecule has 0 aliphatic rings. The highest BCUT2D eigenvalue weighted by molar-refractivity contribution is 7.20. The Hall–Kier alpha value is -2.51. The van der Waals surface area contributed by atoms with Gasteiger partial charge in [-0.1, -0.05) is 30.3 Å². The average molecular weight is 356 g/mol. The van der Waals surface area contributed by atoms with Gasteiger partial charge in [0.15, 0.2) is 0 Å². The van der Waals surface area contributed by atoms with Crippen LogP contribution in [0.3, 0.4) is 0 Å². The molecule has 0 spiro atoms. The van der Waals surface area contributed by atoms with E-state index >= 15 is 0 Å². The molecule has 0 aliphatic carbocycles. The number of carbonyl (C=O) groups excluding carboxylic acids is 1. The number of rotatable bonds is 5. The van der Waals surface area contributed by atoms with Crippen LogP contribution in [0, 0.1) is 6.92 Å². The number of carbonyl (C=O) groups is 1. The number of fused-ring (bicyclic) bond motifs is 1. The number of aromatic nitrogens is 2. The zero-order valence-electron chi connectivity index (χ0n) is 14.4. The summed E-state index contributed by atoms with van der Waals surface area (Å²) in [6, 6.07) is 9.71. The number of amides is 1. The molecule has 0 unspecified atom stereocenters. The van der Waals surface area contributed by atoms with Gasteiger partial charge >= 0.3 is 0 Å². The van der Waals surface area contributed by atoms with Crippen molar-refractivity contribution in [1.29, 1.82) is 0 Å². The van der Waals surface area contributed by atoms with E-state index in [1.54, 1.807) is 6.92 Å². The average Bonchev–Trinajstić information content (AvgIpc) is 2.90. The standard InChI is InChI=1S/C18H20N4O2S/c1-11-14-16(23)20-13(10-22(2)3)21-18(14)25-15(11)17(24)19-9-12-7-5-4-6-8-12/h4-8H,9-10H2,1-3H3,(H,19,24)(H,20,21,23). The lowest BCUT2D eigenvalue weighted by atomic mass is 10.2. The molecule has 0 aliphatic heterocycles. The highest BCUT2D eigenvalue weighted by atomic mass is 32.1. The molecule has 0 bridgehead atoms. The second kappa shape index (κ2) is 7.16. The summed E-state index contributed by atoms with van der Waals surface area (Å²) in [5.41, 5.74) is 1.51. The number of nitrogens with zero attached hydrogens (tertiary/aromatic N) is 2. The number of aryl methyl sites for hydroxylation is 1. The first-order valence-corrected chi connectivity index (χ1v) is 8.76. The molecule has 0 radical (unpaired) electrons. The molecule has 0 saturated carbocycles. The Labute approximate surface area is 149 Å². The first kappa shape index (κ1) is 17.3. The molecule has 2 aromatic heterocycles. The normalized spacial score (nSPS) is 11.2. The summed E-state index contributed by atoms with van der Waals surface area (Å²) in [5, 5.41) is 3.40. The molecule has 3 rings (SSSR count). The first-order valence-electron chi connectivity index (χ1n) is 7.95. The van der Waals surface area contributed by atoms with Crippen LogP contribution in [-0.2, 0) is 13.1 Å². The Morgan fingerprint density at radius 3 is 2.68 bits per heavy atom. The third-order valence-electron chi connectivity index (χ3n) is 3.82. The van der Waals surface area contributed by atoms with Crippen molar-refractivity contribution >= 4 is 27.5 Å². The van der Waals surface area contributed by atoms with E-state index in [0.717, 1.165) is 5.56 Å². The van der Waals surface area contributed by atoms with Crippen LogP contribution in [0.2, 0.25) is 0 Å². The molecule has 3 aromatic rings. The second-order valence-corrected chi connectivity index (χ2v) is 7.15. The van der Waals surface area contributed by atoms with E-state index in [1.165, 1.54) is 11.3 Å². The zero-order valence-corrected chi connectivity index (χ0v) is 15.2. The number of hydrogen-bond acceptors (Lipinski definition) is 5. The topological polar surface area (TPSA) is 78.1 Å². The van der Waals surface area contributed by atoms with Crippen LogP contribution in [0.1, 0.15) is 26.6 Å². The highest BCUT2D eigenvalue weighted by Gasteiger charge is 2.19. The number of nitrogens with one attached hydrogen (secondary N) is 2. The fraction of sp³-hybridized carbons (Fsp3) is 0.278. The van der Waals surface area contributed by atoms with Crippen molar-refractivity contribution in [2.24, 2.45) is 0 Å². The number of aromatic amines is 1. The van der Waals surface area contributed by atoms with E-state index in [9.17, 15) is 9.59 Å². The SMILES string of the molecule is Cc1c(C(=O)NCc2ccccc2)sc2nc(CN(C)C)[nH]c(=O)c12. The van der Waals surface area contributed by atoms with Crippen LogP contribution in [0.25, 0.3) is 10.2 Å². The summed E-state index contributed by atoms with van der Waals surface area (Å²) < 4.78 is 0. The predicted molar refractivity (Wildman–Crippen MR) is 100.0 cm³/mol. The molecule has 2 heterocycles. The van der Waals surface area contributed by atoms with Gasteiger partial charge in [0.05, 0.1) is 16.8 Å². The quantitative estimate of drug-likeness (QED) is 0.735. The lowest BCUT2D eigenvalue weighted by Gasteiger charge is -2.07. The number of hydrogen-bond donors (Lipinski definition) is 2. The van der Waals surface area contributed by atoms with Gasteiger partial charge < -0.3 is 15.2 Å². The van der Waals surface area contributed by atoms with Crippen LogP contribution in [0.5, 0.6) is 0 Å². The van der Waals surface area contributed by atoms with Gasteiger partial charge in [0, 0.05) is 6.54 Å². The van der Waals surface area contributed by atoms with E-state index in [-0.39, 0.29) is 11.5 Å². The zero-order chi connectivity index (χ0) is 18.0. The minimum absolute atomic E-state index is 0.182. The maximum atomic E-state index is 12.5. The number of benzene rings is 1. The molecule has 7 heteroatoms. The van der Waals surface area contributed by atoms with Crippen molar-refractivity contribution in [2.45, 2.75) is 20.0 Å². The van der Waals surface area contributed by atoms with Gasteiger partial charge in [-0.15, -0.1) is 11.3 Å². The third kappa shape index (κ3) is 3.78. The predicted octanol–water partition coefficient (Wildman–Crippen LogP) is 2.28. The summed E-state index contributed by atoms with van der Waals surface area (Å²) in [5.74, 6) is 0.415. The Morgan fingerprint density at radius 1 is 1.28 bits per heavy atom. The molecule has 0 fully saturated rings. The van der Waals surface area contributed by atoms with Gasteiger partial charge in [-0.05, 0) is 32.1 Å². The van der Waals surface area contributed by atoms with Crippen molar-refractivity contribution < 1.29 is 4.79 Å². The van der Waals surface area contributed by atoms with E-state index < -0.39 is 0 Å². The molecule has 1 amide bonds. The smallest absolute Gasteiger partial charge is 0.261 e. The Bertz CT molecular complexity index is 960. The Kier molecular flexibility index (Phi) is 4.96. The molecule has 6 nitrogen and oxygen atoms in total. The van der Waals surface area contributed by atoms with Gasteiger partial charge in [-0.25, -0.2) is 4.98 Å². The summed E-state index contributed by atoms with van der Waals surface area (Å²) in [7, 11) is 3.82. The van der Waals surface area contributed by atoms with Crippen LogP contribution >= 0.6 is 11.3 Å². The fourth-order valence-electron chi connectivity index (χ4n) is 2.64. The fourth-order valence-corrected chi connectivity index (χ4v) is 3.76. The molecule has 0 saturated heterocycles. The number of H-pyrrole nitrogens is 1. The molecule has 130 valence electrons. The van der Waals surface area contributed by atoms with Crippen molar-refractivity contribution in [1.82, 2.24) is 20.2 Å². The van der Waals surface area contributed by atoms with Gasteiger partial charge in [-0.3, -0.25) is 9.59 Å². The van der Waals surface area contributed by atoms with Crippen LogP contribution in [0.4, 0.5) is 0 Å². The monoisotopic (exact) mass is 356 g/mol. The molecular formula is C18H20N4O2S. The van der Waals surface area contributed by atoms with E-state index in [2.05, 4.69) is 15.3 Å². The maximum Gasteiger partial charge on any atom is 0.261 e. The van der Waals surface area contributed by atoms with Crippen LogP contribution in [0.15, 0.2) is 35.1 Å². The van der Waals surface area contributed by atoms with E-state index in [0.29, 0.717) is 39.6 Å². The third-order valence-corrected chi connectivity index (χ3v) is 5.00. The second-order valence-electron chi connectivity index (χ2n) is 6.16. The molecule has 0 atom stereocenters. The Morgan fingerprint density at radius 2 is 2.00 bits per heavy atom. The van der Waals surface area contributed by atoms with Crippen molar-refractivity contribution in [3.63, 3.8) is 0 Å². The van der Waals surface area contributed by atoms with Gasteiger partial charge in [0.1, 0.15) is 10.7 Å². The van der Waals surface area contributed by atoms with E-state index in [4.69, 9.17) is 0 Å². The minimum atomic E-state index is -0.197. The van der Waals surface area contributed by atoms with E-state index in [1.807, 2.05) is 49.3 Å². The lowest BCUT2D eigenvalue weighted by molar-refractivity contribution is 0.0954. The number of thiophene rings is 1. The van der Waals surface area contributed by atoms with Crippen molar-refractivity contribution in [3.05, 3.63) is 62.5 Å². The molecule has 1 aromatic carbocycles. The molecular weight excluding hydrogens is 336 g/mol. The highest BCUT2D eigenvalue weighted by Crippen LogP contribution is 2.27. The maximum absolute atomic E-state index is 12.5. The summed E-state index contributed by atoms with van der Waals surface area (Å²) in [6.07, 6.45) is 0. The van der Waals surface area contributed by atoms with Crippen molar-refractivity contribution in [2.75, 3.05) is 14.1 Å². The lowest BCUT2D eigenvalue weighted by Crippen LogP contribution is -2.22. The van der Waals surface area contributed by atoms with Gasteiger partial charge in [0.25, 0.3) is 11.5 Å². The summed E-state index contributed by atoms with van der Waals surface area (Å²) in [6.45, 7) is 2.78. The summed E-state index contributed by atoms with van der Waals surface area (Å²) >= 11 is 1.26. The summed E-state index contributed by atoms with van der Waals surface area (Å²) in [4.78, 5) is 35.3.